The van der Waals surface area contributed by atoms with Crippen LogP contribution in [0, 0.1) is 5.92 Å². The fourth-order valence-electron chi connectivity index (χ4n) is 2.38. The van der Waals surface area contributed by atoms with Crippen LogP contribution >= 0.6 is 0 Å². The molecule has 3 heteroatoms. The number of hydrogen-bond acceptors (Lipinski definition) is 2. The van der Waals surface area contributed by atoms with Gasteiger partial charge in [0.25, 0.3) is 0 Å². The Kier molecular flexibility index (Phi) is 7.02. The second-order valence-corrected chi connectivity index (χ2v) is 5.13. The van der Waals surface area contributed by atoms with Gasteiger partial charge in [-0.15, -0.1) is 0 Å². The first kappa shape index (κ1) is 16.4. The molecule has 1 rings (SSSR count). The van der Waals surface area contributed by atoms with E-state index in [4.69, 9.17) is 11.5 Å². The Hall–Kier alpha value is -1.61. The third kappa shape index (κ3) is 5.17. The summed E-state index contributed by atoms with van der Waals surface area (Å²) in [7, 11) is 0. The van der Waals surface area contributed by atoms with Crippen molar-refractivity contribution in [1.29, 1.82) is 0 Å². The van der Waals surface area contributed by atoms with E-state index in [-0.39, 0.29) is 5.83 Å². The Bertz CT molecular complexity index is 436. The number of allylic oxidation sites excluding steroid dienone is 7. The lowest BCUT2D eigenvalue weighted by Gasteiger charge is -2.23. The van der Waals surface area contributed by atoms with Crippen LogP contribution in [0.25, 0.3) is 0 Å². The summed E-state index contributed by atoms with van der Waals surface area (Å²) >= 11 is 0. The first-order chi connectivity index (χ1) is 9.58. The molecule has 0 aromatic heterocycles. The molecule has 2 nitrogen and oxygen atoms in total. The van der Waals surface area contributed by atoms with E-state index in [1.54, 1.807) is 19.1 Å². The van der Waals surface area contributed by atoms with E-state index >= 15 is 0 Å². The van der Waals surface area contributed by atoms with E-state index in [0.717, 1.165) is 25.7 Å². The summed E-state index contributed by atoms with van der Waals surface area (Å²) in [5, 5.41) is 0. The second-order valence-electron chi connectivity index (χ2n) is 5.13. The topological polar surface area (TPSA) is 52.0 Å². The van der Waals surface area contributed by atoms with Crippen LogP contribution in [0.5, 0.6) is 0 Å². The van der Waals surface area contributed by atoms with Gasteiger partial charge in [-0.1, -0.05) is 30.9 Å². The molecule has 1 saturated carbocycles. The van der Waals surface area contributed by atoms with Crippen molar-refractivity contribution >= 4 is 0 Å². The SMILES string of the molecule is C=C\C=C(F)/C(=C\C)C(/N)=C/C=C/C1CCC(N)CC1. The van der Waals surface area contributed by atoms with E-state index < -0.39 is 0 Å². The van der Waals surface area contributed by atoms with Crippen molar-refractivity contribution < 1.29 is 4.39 Å². The Morgan fingerprint density at radius 2 is 1.85 bits per heavy atom. The Morgan fingerprint density at radius 1 is 1.20 bits per heavy atom. The number of nitrogens with two attached hydrogens (primary N) is 2. The molecule has 1 fully saturated rings. The lowest BCUT2D eigenvalue weighted by atomic mass is 9.86. The van der Waals surface area contributed by atoms with Crippen molar-refractivity contribution in [3.63, 3.8) is 0 Å². The van der Waals surface area contributed by atoms with Crippen molar-refractivity contribution in [2.75, 3.05) is 0 Å². The fourth-order valence-corrected chi connectivity index (χ4v) is 2.38. The highest BCUT2D eigenvalue weighted by Gasteiger charge is 2.15. The van der Waals surface area contributed by atoms with Gasteiger partial charge >= 0.3 is 0 Å². The Morgan fingerprint density at radius 3 is 2.40 bits per heavy atom. The lowest BCUT2D eigenvalue weighted by Crippen LogP contribution is -2.25. The largest absolute Gasteiger partial charge is 0.398 e. The smallest absolute Gasteiger partial charge is 0.132 e. The lowest BCUT2D eigenvalue weighted by molar-refractivity contribution is 0.375. The maximum atomic E-state index is 13.7. The summed E-state index contributed by atoms with van der Waals surface area (Å²) in [5.74, 6) is 0.190. The third-order valence-corrected chi connectivity index (χ3v) is 3.60. The van der Waals surface area contributed by atoms with Gasteiger partial charge in [0.15, 0.2) is 0 Å². The third-order valence-electron chi connectivity index (χ3n) is 3.60. The van der Waals surface area contributed by atoms with Crippen molar-refractivity contribution in [1.82, 2.24) is 0 Å². The average molecular weight is 276 g/mol. The molecule has 0 heterocycles. The molecular formula is C17H25FN2. The first-order valence-corrected chi connectivity index (χ1v) is 7.13. The minimum atomic E-state index is -0.367. The normalized spacial score (nSPS) is 26.1. The van der Waals surface area contributed by atoms with Crippen molar-refractivity contribution in [3.05, 3.63) is 60.1 Å². The molecule has 0 aromatic rings. The van der Waals surface area contributed by atoms with E-state index in [0.29, 0.717) is 23.2 Å². The Labute approximate surface area is 121 Å². The minimum absolute atomic E-state index is 0.355. The van der Waals surface area contributed by atoms with Gasteiger partial charge in [0.2, 0.25) is 0 Å². The highest BCUT2D eigenvalue weighted by atomic mass is 19.1. The summed E-state index contributed by atoms with van der Waals surface area (Å²) < 4.78 is 13.7. The average Bonchev–Trinajstić information content (AvgIpc) is 2.42. The van der Waals surface area contributed by atoms with E-state index in [2.05, 4.69) is 12.7 Å². The number of halogens is 1. The van der Waals surface area contributed by atoms with Gasteiger partial charge in [0, 0.05) is 17.3 Å². The number of rotatable bonds is 5. The first-order valence-electron chi connectivity index (χ1n) is 7.13. The molecule has 4 N–H and O–H groups in total. The molecule has 0 bridgehead atoms. The highest BCUT2D eigenvalue weighted by molar-refractivity contribution is 5.43. The van der Waals surface area contributed by atoms with Crippen LogP contribution in [0.4, 0.5) is 4.39 Å². The van der Waals surface area contributed by atoms with Crippen LogP contribution in [0.1, 0.15) is 32.6 Å². The number of hydrogen-bond donors (Lipinski definition) is 2. The van der Waals surface area contributed by atoms with Gasteiger partial charge in [-0.25, -0.2) is 4.39 Å². The summed E-state index contributed by atoms with van der Waals surface area (Å²) in [4.78, 5) is 0. The van der Waals surface area contributed by atoms with E-state index in [1.807, 2.05) is 6.08 Å². The molecule has 0 atom stereocenters. The van der Waals surface area contributed by atoms with Crippen molar-refractivity contribution in [2.45, 2.75) is 38.6 Å². The standard InChI is InChI=1S/C17H25FN2/c1-3-6-16(18)15(4-2)17(20)8-5-7-13-9-11-14(19)12-10-13/h3-8,13-14H,1,9-12,19-20H2,2H3/b7-5+,15-4+,16-6+,17-8-. The molecule has 110 valence electrons. The molecule has 0 radical (unpaired) electrons. The van der Waals surface area contributed by atoms with Gasteiger partial charge in [-0.05, 0) is 50.7 Å². The molecule has 0 aromatic carbocycles. The van der Waals surface area contributed by atoms with Gasteiger partial charge in [0.05, 0.1) is 0 Å². The maximum absolute atomic E-state index is 13.7. The molecular weight excluding hydrogens is 251 g/mol. The zero-order chi connectivity index (χ0) is 15.0. The minimum Gasteiger partial charge on any atom is -0.398 e. The van der Waals surface area contributed by atoms with Gasteiger partial charge < -0.3 is 11.5 Å². The van der Waals surface area contributed by atoms with E-state index in [1.165, 1.54) is 12.2 Å². The van der Waals surface area contributed by atoms with E-state index in [9.17, 15) is 4.39 Å². The quantitative estimate of drug-likeness (QED) is 0.748. The summed E-state index contributed by atoms with van der Waals surface area (Å²) in [6.45, 7) is 5.24. The van der Waals surface area contributed by atoms with Crippen LogP contribution in [0.3, 0.4) is 0 Å². The van der Waals surface area contributed by atoms with Gasteiger partial charge in [0.1, 0.15) is 5.83 Å². The predicted octanol–water partition coefficient (Wildman–Crippen LogP) is 3.89. The summed E-state index contributed by atoms with van der Waals surface area (Å²) in [5.41, 5.74) is 12.6. The molecule has 0 spiro atoms. The zero-order valence-corrected chi connectivity index (χ0v) is 12.2. The molecule has 0 aliphatic heterocycles. The predicted molar refractivity (Wildman–Crippen MR) is 84.5 cm³/mol. The van der Waals surface area contributed by atoms with Crippen LogP contribution in [0.15, 0.2) is 60.1 Å². The second kappa shape index (κ2) is 8.54. The summed E-state index contributed by atoms with van der Waals surface area (Å²) in [6.07, 6.45) is 14.6. The Balaban J connectivity index is 2.64. The summed E-state index contributed by atoms with van der Waals surface area (Å²) in [6, 6.07) is 0.355. The molecule has 1 aliphatic rings. The monoisotopic (exact) mass is 276 g/mol. The molecule has 0 unspecified atom stereocenters. The highest BCUT2D eigenvalue weighted by Crippen LogP contribution is 2.24. The van der Waals surface area contributed by atoms with Crippen LogP contribution in [0.2, 0.25) is 0 Å². The van der Waals surface area contributed by atoms with Crippen LogP contribution in [-0.2, 0) is 0 Å². The maximum Gasteiger partial charge on any atom is 0.132 e. The fraction of sp³-hybridized carbons (Fsp3) is 0.412. The molecule has 20 heavy (non-hydrogen) atoms. The van der Waals surface area contributed by atoms with Gasteiger partial charge in [-0.2, -0.15) is 0 Å². The van der Waals surface area contributed by atoms with Gasteiger partial charge in [-0.3, -0.25) is 0 Å². The molecule has 0 saturated heterocycles. The molecule has 1 aliphatic carbocycles. The van der Waals surface area contributed by atoms with Crippen LogP contribution < -0.4 is 11.5 Å². The molecule has 0 amide bonds. The zero-order valence-electron chi connectivity index (χ0n) is 12.2. The van der Waals surface area contributed by atoms with Crippen molar-refractivity contribution in [2.24, 2.45) is 17.4 Å². The van der Waals surface area contributed by atoms with Crippen molar-refractivity contribution in [3.8, 4) is 0 Å². The van der Waals surface area contributed by atoms with Crippen LogP contribution in [-0.4, -0.2) is 6.04 Å².